The normalized spacial score (nSPS) is 19.2. The first kappa shape index (κ1) is 18.2. The van der Waals surface area contributed by atoms with E-state index in [1.165, 1.54) is 26.8 Å². The molecule has 4 heteroatoms. The van der Waals surface area contributed by atoms with Crippen LogP contribution in [0.25, 0.3) is 10.1 Å². The Balaban J connectivity index is 1.78. The van der Waals surface area contributed by atoms with E-state index < -0.39 is 5.97 Å². The van der Waals surface area contributed by atoms with E-state index in [-0.39, 0.29) is 12.0 Å². The fraction of sp³-hybridized carbons (Fsp3) is 0.348. The van der Waals surface area contributed by atoms with Gasteiger partial charge in [0.15, 0.2) is 0 Å². The van der Waals surface area contributed by atoms with Crippen molar-refractivity contribution in [1.29, 1.82) is 0 Å². The number of carboxylic acids is 1. The van der Waals surface area contributed by atoms with Gasteiger partial charge in [-0.2, -0.15) is 0 Å². The van der Waals surface area contributed by atoms with Gasteiger partial charge in [-0.1, -0.05) is 49.4 Å². The summed E-state index contributed by atoms with van der Waals surface area (Å²) in [5.41, 5.74) is 3.88. The Labute approximate surface area is 164 Å². The highest BCUT2D eigenvalue weighted by atomic mass is 32.1. The van der Waals surface area contributed by atoms with Crippen LogP contribution in [0.3, 0.4) is 0 Å². The third kappa shape index (κ3) is 3.64. The van der Waals surface area contributed by atoms with Gasteiger partial charge in [0.1, 0.15) is 0 Å². The Morgan fingerprint density at radius 3 is 2.74 bits per heavy atom. The lowest BCUT2D eigenvalue weighted by Gasteiger charge is -2.37. The molecule has 3 aromatic rings. The smallest absolute Gasteiger partial charge is 0.307 e. The van der Waals surface area contributed by atoms with Gasteiger partial charge in [-0.25, -0.2) is 0 Å². The topological polar surface area (TPSA) is 40.5 Å². The maximum atomic E-state index is 11.6. The van der Waals surface area contributed by atoms with Crippen molar-refractivity contribution in [3.05, 3.63) is 70.6 Å². The summed E-state index contributed by atoms with van der Waals surface area (Å²) in [4.78, 5) is 14.0. The van der Waals surface area contributed by atoms with Crippen molar-refractivity contribution in [1.82, 2.24) is 4.90 Å². The summed E-state index contributed by atoms with van der Waals surface area (Å²) < 4.78 is 1.29. The summed E-state index contributed by atoms with van der Waals surface area (Å²) in [7, 11) is 0. The van der Waals surface area contributed by atoms with Gasteiger partial charge in [0.2, 0.25) is 0 Å². The van der Waals surface area contributed by atoms with Gasteiger partial charge in [0.05, 0.1) is 12.0 Å². The van der Waals surface area contributed by atoms with E-state index in [2.05, 4.69) is 65.7 Å². The molecule has 1 saturated heterocycles. The van der Waals surface area contributed by atoms with Crippen molar-refractivity contribution in [3.63, 3.8) is 0 Å². The average molecular weight is 380 g/mol. The van der Waals surface area contributed by atoms with Crippen LogP contribution in [0.4, 0.5) is 0 Å². The van der Waals surface area contributed by atoms with E-state index in [0.717, 1.165) is 25.8 Å². The number of carbonyl (C=O) groups is 1. The van der Waals surface area contributed by atoms with Crippen molar-refractivity contribution < 1.29 is 9.90 Å². The Morgan fingerprint density at radius 1 is 1.22 bits per heavy atom. The second-order valence-electron chi connectivity index (χ2n) is 7.36. The fourth-order valence-electron chi connectivity index (χ4n) is 4.18. The zero-order valence-corrected chi connectivity index (χ0v) is 16.4. The van der Waals surface area contributed by atoms with Gasteiger partial charge < -0.3 is 5.11 Å². The van der Waals surface area contributed by atoms with Gasteiger partial charge in [-0.3, -0.25) is 9.69 Å². The maximum Gasteiger partial charge on any atom is 0.307 e. The molecular weight excluding hydrogens is 354 g/mol. The van der Waals surface area contributed by atoms with Crippen LogP contribution in [0.5, 0.6) is 0 Å². The minimum atomic E-state index is -0.671. The average Bonchev–Trinajstić information content (AvgIpc) is 3.13. The van der Waals surface area contributed by atoms with Crippen LogP contribution < -0.4 is 0 Å². The number of thiophene rings is 1. The van der Waals surface area contributed by atoms with E-state index in [0.29, 0.717) is 6.54 Å². The first-order valence-electron chi connectivity index (χ1n) is 9.69. The minimum Gasteiger partial charge on any atom is -0.481 e. The number of benzene rings is 2. The van der Waals surface area contributed by atoms with Gasteiger partial charge >= 0.3 is 5.97 Å². The number of aliphatic carboxylic acids is 1. The fourth-order valence-corrected chi connectivity index (χ4v) is 5.16. The second kappa shape index (κ2) is 7.83. The van der Waals surface area contributed by atoms with Gasteiger partial charge in [-0.15, -0.1) is 11.3 Å². The SMILES string of the molecule is CCc1ccc(C(c2csc3ccccc23)N2CCCC(C(=O)O)C2)cc1. The van der Waals surface area contributed by atoms with E-state index in [9.17, 15) is 9.90 Å². The monoisotopic (exact) mass is 379 g/mol. The molecule has 140 valence electrons. The Kier molecular flexibility index (Phi) is 5.28. The van der Waals surface area contributed by atoms with E-state index in [1.807, 2.05) is 0 Å². The largest absolute Gasteiger partial charge is 0.481 e. The Morgan fingerprint density at radius 2 is 2.00 bits per heavy atom. The van der Waals surface area contributed by atoms with Gasteiger partial charge in [-0.05, 0) is 59.3 Å². The number of hydrogen-bond acceptors (Lipinski definition) is 3. The molecule has 2 aromatic carbocycles. The summed E-state index contributed by atoms with van der Waals surface area (Å²) in [6, 6.07) is 17.5. The van der Waals surface area contributed by atoms with Crippen molar-refractivity contribution in [2.45, 2.75) is 32.2 Å². The number of carboxylic acid groups (broad SMARTS) is 1. The van der Waals surface area contributed by atoms with E-state index in [4.69, 9.17) is 0 Å². The number of piperidine rings is 1. The quantitative estimate of drug-likeness (QED) is 0.650. The molecule has 0 bridgehead atoms. The third-order valence-electron chi connectivity index (χ3n) is 5.68. The lowest BCUT2D eigenvalue weighted by Crippen LogP contribution is -2.41. The van der Waals surface area contributed by atoms with Crippen LogP contribution in [-0.4, -0.2) is 29.1 Å². The third-order valence-corrected chi connectivity index (χ3v) is 6.66. The first-order valence-corrected chi connectivity index (χ1v) is 10.6. The van der Waals surface area contributed by atoms with Crippen molar-refractivity contribution in [3.8, 4) is 0 Å². The molecular formula is C23H25NO2S. The molecule has 27 heavy (non-hydrogen) atoms. The van der Waals surface area contributed by atoms with Crippen molar-refractivity contribution >= 4 is 27.4 Å². The Bertz CT molecular complexity index is 931. The summed E-state index contributed by atoms with van der Waals surface area (Å²) in [5, 5.41) is 13.1. The lowest BCUT2D eigenvalue weighted by atomic mass is 9.91. The Hall–Kier alpha value is -2.17. The molecule has 4 rings (SSSR count). The number of hydrogen-bond donors (Lipinski definition) is 1. The first-order chi connectivity index (χ1) is 13.2. The minimum absolute atomic E-state index is 0.106. The molecule has 0 aliphatic carbocycles. The molecule has 1 aromatic heterocycles. The molecule has 0 radical (unpaired) electrons. The predicted molar refractivity (Wildman–Crippen MR) is 111 cm³/mol. The zero-order chi connectivity index (χ0) is 18.8. The van der Waals surface area contributed by atoms with Crippen LogP contribution >= 0.6 is 11.3 Å². The molecule has 1 aliphatic heterocycles. The molecule has 1 N–H and O–H groups in total. The highest BCUT2D eigenvalue weighted by molar-refractivity contribution is 7.17. The number of rotatable bonds is 5. The summed E-state index contributed by atoms with van der Waals surface area (Å²) in [6.45, 7) is 3.72. The van der Waals surface area contributed by atoms with Crippen molar-refractivity contribution in [2.24, 2.45) is 5.92 Å². The predicted octanol–water partition coefficient (Wildman–Crippen LogP) is 5.35. The molecule has 3 nitrogen and oxygen atoms in total. The highest BCUT2D eigenvalue weighted by Gasteiger charge is 2.32. The highest BCUT2D eigenvalue weighted by Crippen LogP contribution is 2.39. The summed E-state index contributed by atoms with van der Waals surface area (Å²) in [6.07, 6.45) is 2.73. The number of nitrogens with zero attached hydrogens (tertiary/aromatic N) is 1. The van der Waals surface area contributed by atoms with Gasteiger partial charge in [0.25, 0.3) is 0 Å². The lowest BCUT2D eigenvalue weighted by molar-refractivity contribution is -0.143. The second-order valence-corrected chi connectivity index (χ2v) is 8.27. The molecule has 0 spiro atoms. The zero-order valence-electron chi connectivity index (χ0n) is 15.6. The van der Waals surface area contributed by atoms with Crippen LogP contribution in [0.2, 0.25) is 0 Å². The van der Waals surface area contributed by atoms with Crippen LogP contribution in [0.1, 0.15) is 42.5 Å². The molecule has 2 heterocycles. The summed E-state index contributed by atoms with van der Waals surface area (Å²) >= 11 is 1.77. The number of fused-ring (bicyclic) bond motifs is 1. The van der Waals surface area contributed by atoms with Gasteiger partial charge in [0, 0.05) is 11.2 Å². The molecule has 0 saturated carbocycles. The maximum absolute atomic E-state index is 11.6. The summed E-state index contributed by atoms with van der Waals surface area (Å²) in [5.74, 6) is -0.948. The molecule has 2 unspecified atom stereocenters. The van der Waals surface area contributed by atoms with E-state index >= 15 is 0 Å². The number of aryl methyl sites for hydroxylation is 1. The molecule has 0 amide bonds. The number of likely N-dealkylation sites (tertiary alicyclic amines) is 1. The van der Waals surface area contributed by atoms with Crippen LogP contribution in [0.15, 0.2) is 53.9 Å². The van der Waals surface area contributed by atoms with Crippen LogP contribution in [-0.2, 0) is 11.2 Å². The molecule has 1 aliphatic rings. The molecule has 1 fully saturated rings. The molecule has 2 atom stereocenters. The van der Waals surface area contributed by atoms with Crippen LogP contribution in [0, 0.1) is 5.92 Å². The van der Waals surface area contributed by atoms with Crippen molar-refractivity contribution in [2.75, 3.05) is 13.1 Å². The standard InChI is InChI=1S/C23H25NO2S/c1-2-16-9-11-17(12-10-16)22(24-13-5-6-18(14-24)23(25)26)20-15-27-21-8-4-3-7-19(20)21/h3-4,7-12,15,18,22H,2,5-6,13-14H2,1H3,(H,25,26). The van der Waals surface area contributed by atoms with E-state index in [1.54, 1.807) is 11.3 Å².